The number of nitrogens with zero attached hydrogens (tertiary/aromatic N) is 1. The van der Waals surface area contributed by atoms with Gasteiger partial charge < -0.3 is 27.9 Å². The molecule has 0 bridgehead atoms. The molecule has 470 valence electrons. The third-order valence-electron chi connectivity index (χ3n) is 14.6. The van der Waals surface area contributed by atoms with Crippen molar-refractivity contribution in [3.8, 4) is 0 Å². The van der Waals surface area contributed by atoms with Crippen molar-refractivity contribution in [1.82, 2.24) is 0 Å². The number of carbonyl (C=O) groups excluding carboxylic acids is 2. The summed E-state index contributed by atoms with van der Waals surface area (Å²) in [7, 11) is 1.17. The second-order valence-electron chi connectivity index (χ2n) is 23.8. The van der Waals surface area contributed by atoms with Gasteiger partial charge in [-0.2, -0.15) is 0 Å². The number of likely N-dealkylation sites (N-methyl/N-ethyl adjacent to an activating group) is 1. The molecule has 0 aromatic heterocycles. The van der Waals surface area contributed by atoms with E-state index < -0.39 is 26.5 Å². The number of esters is 2. The Kier molecular flexibility index (Phi) is 59.6. The molecule has 0 aromatic carbocycles. The predicted molar refractivity (Wildman–Crippen MR) is 346 cm³/mol. The first-order valence-corrected chi connectivity index (χ1v) is 35.3. The molecule has 0 aliphatic rings. The van der Waals surface area contributed by atoms with Crippen LogP contribution in [0.15, 0.2) is 85.1 Å². The van der Waals surface area contributed by atoms with E-state index in [1.54, 1.807) is 0 Å². The van der Waals surface area contributed by atoms with E-state index in [-0.39, 0.29) is 32.0 Å². The van der Waals surface area contributed by atoms with Gasteiger partial charge in [0.1, 0.15) is 19.8 Å². The van der Waals surface area contributed by atoms with Crippen molar-refractivity contribution < 1.29 is 42.1 Å². The number of carbonyl (C=O) groups is 2. The van der Waals surface area contributed by atoms with Gasteiger partial charge in [-0.25, -0.2) is 0 Å². The highest BCUT2D eigenvalue weighted by Gasteiger charge is 2.22. The number of allylic oxidation sites excluding steroid dienone is 14. The molecule has 2 atom stereocenters. The van der Waals surface area contributed by atoms with Crippen LogP contribution in [0, 0.1) is 0 Å². The number of quaternary nitrogens is 1. The Morgan fingerprint density at radius 1 is 0.395 bits per heavy atom. The van der Waals surface area contributed by atoms with Crippen molar-refractivity contribution in [2.45, 2.75) is 309 Å². The molecule has 0 radical (unpaired) electrons. The maximum Gasteiger partial charge on any atom is 0.306 e. The Labute approximate surface area is 501 Å². The number of phosphoric ester groups is 1. The summed E-state index contributed by atoms with van der Waals surface area (Å²) in [5.41, 5.74) is 0. The number of hydrogen-bond acceptors (Lipinski definition) is 8. The Hall–Kier alpha value is -2.81. The van der Waals surface area contributed by atoms with Crippen LogP contribution < -0.4 is 4.89 Å². The molecule has 0 aliphatic heterocycles. The topological polar surface area (TPSA) is 111 Å². The van der Waals surface area contributed by atoms with Crippen LogP contribution in [0.3, 0.4) is 0 Å². The molecular weight excluding hydrogens is 1030 g/mol. The molecule has 0 heterocycles. The fraction of sp³-hybridized carbons (Fsp3) is 0.775. The highest BCUT2D eigenvalue weighted by atomic mass is 31.2. The van der Waals surface area contributed by atoms with E-state index in [1.165, 1.54) is 173 Å². The first kappa shape index (κ1) is 78.2. The zero-order valence-corrected chi connectivity index (χ0v) is 54.4. The minimum atomic E-state index is -4.64. The average molecular weight is 1150 g/mol. The van der Waals surface area contributed by atoms with Gasteiger partial charge in [0.15, 0.2) is 6.10 Å². The number of unbranched alkanes of at least 4 members (excludes halogenated alkanes) is 34. The Morgan fingerprint density at radius 2 is 0.704 bits per heavy atom. The van der Waals surface area contributed by atoms with Crippen molar-refractivity contribution in [3.05, 3.63) is 85.1 Å². The Balaban J connectivity index is 3.92. The molecule has 0 fully saturated rings. The molecule has 0 N–H and O–H groups in total. The first-order chi connectivity index (χ1) is 39.5. The maximum atomic E-state index is 12.8. The summed E-state index contributed by atoms with van der Waals surface area (Å²) in [4.78, 5) is 37.9. The highest BCUT2D eigenvalue weighted by molar-refractivity contribution is 7.45. The van der Waals surface area contributed by atoms with Crippen LogP contribution >= 0.6 is 7.82 Å². The zero-order chi connectivity index (χ0) is 59.1. The Morgan fingerprint density at radius 3 is 1.06 bits per heavy atom. The van der Waals surface area contributed by atoms with E-state index in [0.717, 1.165) is 96.3 Å². The van der Waals surface area contributed by atoms with Crippen LogP contribution in [0.25, 0.3) is 0 Å². The Bertz CT molecular complexity index is 1640. The molecule has 0 aliphatic carbocycles. The first-order valence-electron chi connectivity index (χ1n) is 33.8. The minimum absolute atomic E-state index is 0.0320. The van der Waals surface area contributed by atoms with Crippen LogP contribution in [0.5, 0.6) is 0 Å². The van der Waals surface area contributed by atoms with Gasteiger partial charge in [-0.1, -0.05) is 285 Å². The molecule has 0 saturated carbocycles. The smallest absolute Gasteiger partial charge is 0.306 e. The average Bonchev–Trinajstić information content (AvgIpc) is 3.43. The van der Waals surface area contributed by atoms with E-state index in [2.05, 4.69) is 98.9 Å². The van der Waals surface area contributed by atoms with Gasteiger partial charge >= 0.3 is 11.9 Å². The van der Waals surface area contributed by atoms with Gasteiger partial charge in [0.2, 0.25) is 0 Å². The highest BCUT2D eigenvalue weighted by Crippen LogP contribution is 2.38. The van der Waals surface area contributed by atoms with E-state index >= 15 is 0 Å². The standard InChI is InChI=1S/C71H128NO8P/c1-6-8-10-12-14-16-18-20-22-24-25-26-27-28-29-30-31-32-33-34-35-36-37-38-39-40-41-42-43-44-45-46-47-48-50-52-54-56-58-60-62-64-71(74)80-69(68-79-81(75,76)78-66-65-72(3,4)5)67-77-70(73)63-61-59-57-55-53-51-49-23-21-19-17-15-13-11-9-7-2/h8,10,14,16,20,22-23,25-26,28-29,31-32,49,69H,6-7,9,11-13,15,17-19,21,24,27,30,33-48,50-68H2,1-5H3/b10-8-,16-14-,22-20-,26-25-,29-28-,32-31-,49-23-. The van der Waals surface area contributed by atoms with Gasteiger partial charge in [-0.05, 0) is 89.9 Å². The molecule has 2 unspecified atom stereocenters. The molecular formula is C71H128NO8P. The van der Waals surface area contributed by atoms with Gasteiger partial charge in [0, 0.05) is 12.8 Å². The maximum absolute atomic E-state index is 12.8. The normalized spacial score (nSPS) is 13.7. The fourth-order valence-corrected chi connectivity index (χ4v) is 10.2. The quantitative estimate of drug-likeness (QED) is 0.0195. The molecule has 9 nitrogen and oxygen atoms in total. The van der Waals surface area contributed by atoms with E-state index in [1.807, 2.05) is 21.1 Å². The lowest BCUT2D eigenvalue weighted by Crippen LogP contribution is -2.37. The molecule has 0 rings (SSSR count). The second-order valence-corrected chi connectivity index (χ2v) is 25.2. The molecule has 0 spiro atoms. The van der Waals surface area contributed by atoms with Crippen molar-refractivity contribution in [2.75, 3.05) is 47.5 Å². The van der Waals surface area contributed by atoms with Gasteiger partial charge in [-0.3, -0.25) is 14.2 Å². The van der Waals surface area contributed by atoms with Gasteiger partial charge in [0.25, 0.3) is 7.82 Å². The summed E-state index contributed by atoms with van der Waals surface area (Å²) in [6.45, 7) is 4.14. The monoisotopic (exact) mass is 1150 g/mol. The summed E-state index contributed by atoms with van der Waals surface area (Å²) in [6.07, 6.45) is 83.9. The summed E-state index contributed by atoms with van der Waals surface area (Å²) in [6, 6.07) is 0. The largest absolute Gasteiger partial charge is 0.756 e. The van der Waals surface area contributed by atoms with Crippen LogP contribution in [0.4, 0.5) is 0 Å². The lowest BCUT2D eigenvalue weighted by molar-refractivity contribution is -0.870. The summed E-state index contributed by atoms with van der Waals surface area (Å²) >= 11 is 0. The van der Waals surface area contributed by atoms with E-state index in [4.69, 9.17) is 18.5 Å². The molecule has 10 heteroatoms. The minimum Gasteiger partial charge on any atom is -0.756 e. The SMILES string of the molecule is CC/C=C\C/C=C\C/C=C\C/C=C\C/C=C\C/C=C\CCCCCCCCCCCCCCCCCCCCCCCCC(=O)OC(COC(=O)CCCCCCC/C=C\CCCCCCCCC)COP(=O)([O-])OCC[N+](C)(C)C. The molecule has 0 saturated heterocycles. The van der Waals surface area contributed by atoms with Gasteiger partial charge in [-0.15, -0.1) is 0 Å². The van der Waals surface area contributed by atoms with Gasteiger partial charge in [0.05, 0.1) is 27.7 Å². The summed E-state index contributed by atoms with van der Waals surface area (Å²) < 4.78 is 34.2. The zero-order valence-electron chi connectivity index (χ0n) is 53.5. The third kappa shape index (κ3) is 66.2. The van der Waals surface area contributed by atoms with Crippen molar-refractivity contribution in [1.29, 1.82) is 0 Å². The number of rotatable bonds is 62. The second kappa shape index (κ2) is 61.7. The lowest BCUT2D eigenvalue weighted by atomic mass is 10.0. The van der Waals surface area contributed by atoms with E-state index in [0.29, 0.717) is 17.4 Å². The third-order valence-corrected chi connectivity index (χ3v) is 15.6. The number of hydrogen-bond donors (Lipinski definition) is 0. The predicted octanol–water partition coefficient (Wildman–Crippen LogP) is 21.1. The number of phosphoric acid groups is 1. The van der Waals surface area contributed by atoms with Crippen LogP contribution in [-0.4, -0.2) is 70.0 Å². The van der Waals surface area contributed by atoms with Crippen LogP contribution in [0.2, 0.25) is 0 Å². The number of ether oxygens (including phenoxy) is 2. The van der Waals surface area contributed by atoms with Crippen molar-refractivity contribution in [2.24, 2.45) is 0 Å². The van der Waals surface area contributed by atoms with Crippen LogP contribution in [-0.2, 0) is 32.7 Å². The molecule has 0 aromatic rings. The molecule has 81 heavy (non-hydrogen) atoms. The lowest BCUT2D eigenvalue weighted by Gasteiger charge is -2.28. The molecule has 0 amide bonds. The van der Waals surface area contributed by atoms with Crippen LogP contribution in [0.1, 0.15) is 303 Å². The summed E-state index contributed by atoms with van der Waals surface area (Å²) in [5.74, 6) is -0.832. The van der Waals surface area contributed by atoms with Crippen molar-refractivity contribution in [3.63, 3.8) is 0 Å². The summed E-state index contributed by atoms with van der Waals surface area (Å²) in [5, 5.41) is 0. The van der Waals surface area contributed by atoms with E-state index in [9.17, 15) is 19.0 Å². The fourth-order valence-electron chi connectivity index (χ4n) is 9.48. The van der Waals surface area contributed by atoms with Crippen molar-refractivity contribution >= 4 is 19.8 Å².